The third kappa shape index (κ3) is 4.86. The number of nitrogens with one attached hydrogen (secondary N) is 1. The summed E-state index contributed by atoms with van der Waals surface area (Å²) in [5, 5.41) is 11.6. The van der Waals surface area contributed by atoms with E-state index in [-0.39, 0.29) is 6.04 Å². The molecule has 1 aliphatic rings. The van der Waals surface area contributed by atoms with Crippen molar-refractivity contribution >= 4 is 6.09 Å². The molecule has 0 saturated heterocycles. The van der Waals surface area contributed by atoms with E-state index < -0.39 is 6.09 Å². The average molecular weight is 268 g/mol. The van der Waals surface area contributed by atoms with E-state index >= 15 is 0 Å². The second-order valence-electron chi connectivity index (χ2n) is 5.78. The van der Waals surface area contributed by atoms with Crippen molar-refractivity contribution in [2.45, 2.75) is 64.6 Å². The van der Waals surface area contributed by atoms with Crippen LogP contribution in [-0.4, -0.2) is 41.3 Å². The molecular weight excluding hydrogens is 240 g/mol. The summed E-state index contributed by atoms with van der Waals surface area (Å²) in [5.41, 5.74) is 0. The van der Waals surface area contributed by atoms with Crippen molar-refractivity contribution in [3.63, 3.8) is 0 Å². The van der Waals surface area contributed by atoms with Gasteiger partial charge in [0.2, 0.25) is 0 Å². The van der Waals surface area contributed by atoms with Gasteiger partial charge in [0.15, 0.2) is 0 Å². The molecule has 110 valence electrons. The maximum atomic E-state index is 10.9. The van der Waals surface area contributed by atoms with Gasteiger partial charge in [0.05, 0.1) is 0 Å². The molecule has 1 amide bonds. The molecule has 19 heavy (non-hydrogen) atoms. The highest BCUT2D eigenvalue weighted by Gasteiger charge is 2.32. The molecule has 0 aromatic rings. The number of amides is 1. The number of carboxylic acid groups (broad SMARTS) is 1. The largest absolute Gasteiger partial charge is 0.465 e. The van der Waals surface area contributed by atoms with Crippen molar-refractivity contribution in [3.8, 4) is 0 Å². The first-order valence-corrected chi connectivity index (χ1v) is 7.33. The van der Waals surface area contributed by atoms with Crippen LogP contribution in [0.1, 0.15) is 46.5 Å². The van der Waals surface area contributed by atoms with Crippen molar-refractivity contribution < 1.29 is 9.90 Å². The van der Waals surface area contributed by atoms with E-state index in [0.29, 0.717) is 18.0 Å². The van der Waals surface area contributed by atoms with E-state index in [4.69, 9.17) is 5.11 Å². The first-order chi connectivity index (χ1) is 8.95. The van der Waals surface area contributed by atoms with Gasteiger partial charge in [-0.05, 0) is 52.5 Å². The zero-order valence-electron chi connectivity index (χ0n) is 12.6. The molecule has 0 heterocycles. The normalized spacial score (nSPS) is 28.2. The van der Waals surface area contributed by atoms with Crippen LogP contribution in [0, 0.1) is 5.92 Å². The maximum Gasteiger partial charge on any atom is 0.404 e. The second-order valence-corrected chi connectivity index (χ2v) is 5.78. The van der Waals surface area contributed by atoms with Gasteiger partial charge in [0.25, 0.3) is 0 Å². The Labute approximate surface area is 116 Å². The number of allylic oxidation sites excluding steroid dienone is 1. The van der Waals surface area contributed by atoms with Crippen LogP contribution >= 0.6 is 0 Å². The number of carbonyl (C=O) groups is 1. The number of rotatable bonds is 5. The molecule has 1 rings (SSSR count). The lowest BCUT2D eigenvalue weighted by Crippen LogP contribution is -2.48. The fourth-order valence-corrected chi connectivity index (χ4v) is 2.84. The molecule has 4 nitrogen and oxygen atoms in total. The van der Waals surface area contributed by atoms with E-state index in [1.807, 2.05) is 0 Å². The van der Waals surface area contributed by atoms with Gasteiger partial charge >= 0.3 is 6.09 Å². The van der Waals surface area contributed by atoms with Crippen LogP contribution in [0.25, 0.3) is 0 Å². The molecule has 1 saturated carbocycles. The monoisotopic (exact) mass is 268 g/mol. The maximum absolute atomic E-state index is 10.9. The molecule has 0 bridgehead atoms. The average Bonchev–Trinajstić information content (AvgIpc) is 2.36. The Kier molecular flexibility index (Phi) is 6.35. The summed E-state index contributed by atoms with van der Waals surface area (Å²) in [7, 11) is 2.17. The minimum Gasteiger partial charge on any atom is -0.465 e. The van der Waals surface area contributed by atoms with E-state index in [2.05, 4.69) is 50.2 Å². The molecule has 4 heteroatoms. The predicted molar refractivity (Wildman–Crippen MR) is 78.4 cm³/mol. The summed E-state index contributed by atoms with van der Waals surface area (Å²) >= 11 is 0. The molecule has 0 aliphatic heterocycles. The van der Waals surface area contributed by atoms with Gasteiger partial charge < -0.3 is 15.3 Å². The molecular formula is C15H28N2O2. The van der Waals surface area contributed by atoms with Gasteiger partial charge in [-0.3, -0.25) is 0 Å². The summed E-state index contributed by atoms with van der Waals surface area (Å²) in [6, 6.07) is 1.15. The molecule has 0 radical (unpaired) electrons. The molecule has 3 atom stereocenters. The summed E-state index contributed by atoms with van der Waals surface area (Å²) < 4.78 is 0. The first kappa shape index (κ1) is 16.0. The van der Waals surface area contributed by atoms with Crippen LogP contribution in [0.2, 0.25) is 0 Å². The molecule has 2 N–H and O–H groups in total. The number of hydrogen-bond acceptors (Lipinski definition) is 2. The molecule has 0 unspecified atom stereocenters. The summed E-state index contributed by atoms with van der Waals surface area (Å²) in [5.74, 6) is 0.316. The quantitative estimate of drug-likeness (QED) is 0.753. The van der Waals surface area contributed by atoms with Crippen LogP contribution in [0.3, 0.4) is 0 Å². The Morgan fingerprint density at radius 3 is 2.68 bits per heavy atom. The first-order valence-electron chi connectivity index (χ1n) is 7.33. The van der Waals surface area contributed by atoms with Crippen LogP contribution < -0.4 is 5.32 Å². The highest BCUT2D eigenvalue weighted by molar-refractivity contribution is 5.65. The van der Waals surface area contributed by atoms with Crippen LogP contribution in [-0.2, 0) is 0 Å². The highest BCUT2D eigenvalue weighted by atomic mass is 16.4. The fourth-order valence-electron chi connectivity index (χ4n) is 2.84. The van der Waals surface area contributed by atoms with Crippen LogP contribution in [0.5, 0.6) is 0 Å². The van der Waals surface area contributed by atoms with E-state index in [0.717, 1.165) is 25.7 Å². The van der Waals surface area contributed by atoms with Gasteiger partial charge in [0, 0.05) is 18.1 Å². The summed E-state index contributed by atoms with van der Waals surface area (Å²) in [6.07, 6.45) is 7.47. The van der Waals surface area contributed by atoms with Gasteiger partial charge in [-0.25, -0.2) is 4.79 Å². The highest BCUT2D eigenvalue weighted by Crippen LogP contribution is 2.29. The molecule has 1 aliphatic carbocycles. The van der Waals surface area contributed by atoms with Gasteiger partial charge in [0.1, 0.15) is 0 Å². The van der Waals surface area contributed by atoms with E-state index in [1.54, 1.807) is 0 Å². The Morgan fingerprint density at radius 1 is 1.47 bits per heavy atom. The van der Waals surface area contributed by atoms with Gasteiger partial charge in [-0.2, -0.15) is 0 Å². The topological polar surface area (TPSA) is 52.6 Å². The predicted octanol–water partition coefficient (Wildman–Crippen LogP) is 3.10. The zero-order valence-corrected chi connectivity index (χ0v) is 12.6. The molecule has 0 aromatic carbocycles. The Hall–Kier alpha value is -1.03. The van der Waals surface area contributed by atoms with Crippen LogP contribution in [0.15, 0.2) is 12.2 Å². The number of hydrogen-bond donors (Lipinski definition) is 2. The standard InChI is InChI=1S/C15H28N2O2/c1-5-6-7-12-10-13(17(4)11(2)3)8-9-14(12)16-15(18)19/h6-7,11-14,16H,5,8-10H2,1-4H3,(H,18,19)/t12-,13-,14+/m1/s1. The van der Waals surface area contributed by atoms with Crippen LogP contribution in [0.4, 0.5) is 4.79 Å². The van der Waals surface area contributed by atoms with E-state index in [9.17, 15) is 4.79 Å². The van der Waals surface area contributed by atoms with Gasteiger partial charge in [-0.1, -0.05) is 19.1 Å². The lowest BCUT2D eigenvalue weighted by Gasteiger charge is -2.40. The summed E-state index contributed by atoms with van der Waals surface area (Å²) in [4.78, 5) is 13.3. The van der Waals surface area contributed by atoms with Crippen molar-refractivity contribution in [2.24, 2.45) is 5.92 Å². The minimum atomic E-state index is -0.907. The number of nitrogens with zero attached hydrogens (tertiary/aromatic N) is 1. The third-order valence-corrected chi connectivity index (χ3v) is 4.19. The molecule has 0 spiro atoms. The lowest BCUT2D eigenvalue weighted by molar-refractivity contribution is 0.119. The Balaban J connectivity index is 2.69. The van der Waals surface area contributed by atoms with Crippen molar-refractivity contribution in [3.05, 3.63) is 12.2 Å². The molecule has 0 aromatic heterocycles. The van der Waals surface area contributed by atoms with Crippen molar-refractivity contribution in [1.82, 2.24) is 10.2 Å². The minimum absolute atomic E-state index is 0.0668. The van der Waals surface area contributed by atoms with Crippen molar-refractivity contribution in [1.29, 1.82) is 0 Å². The Morgan fingerprint density at radius 2 is 2.16 bits per heavy atom. The zero-order chi connectivity index (χ0) is 14.4. The lowest BCUT2D eigenvalue weighted by atomic mass is 9.80. The van der Waals surface area contributed by atoms with Crippen molar-refractivity contribution in [2.75, 3.05) is 7.05 Å². The second kappa shape index (κ2) is 7.53. The van der Waals surface area contributed by atoms with Gasteiger partial charge in [-0.15, -0.1) is 0 Å². The third-order valence-electron chi connectivity index (χ3n) is 4.19. The Bertz CT molecular complexity index is 315. The smallest absolute Gasteiger partial charge is 0.404 e. The van der Waals surface area contributed by atoms with E-state index in [1.165, 1.54) is 0 Å². The molecule has 1 fully saturated rings. The summed E-state index contributed by atoms with van der Waals surface area (Å²) in [6.45, 7) is 6.52. The fraction of sp³-hybridized carbons (Fsp3) is 0.800. The SMILES string of the molecule is CCC=C[C@@H]1C[C@H](N(C)C(C)C)CC[C@@H]1NC(=O)O.